The molecule has 1 fully saturated rings. The van der Waals surface area contributed by atoms with Gasteiger partial charge in [-0.2, -0.15) is 18.3 Å². The van der Waals surface area contributed by atoms with Crippen LogP contribution in [0.1, 0.15) is 36.0 Å². The molecule has 180 valence electrons. The van der Waals surface area contributed by atoms with Gasteiger partial charge in [-0.15, -0.1) is 0 Å². The molecule has 0 bridgehead atoms. The minimum Gasteiger partial charge on any atom is -0.481 e. The van der Waals surface area contributed by atoms with Crippen molar-refractivity contribution >= 4 is 23.1 Å². The van der Waals surface area contributed by atoms with Gasteiger partial charge in [-0.05, 0) is 37.8 Å². The first-order chi connectivity index (χ1) is 16.2. The van der Waals surface area contributed by atoms with E-state index in [9.17, 15) is 22.8 Å². The summed E-state index contributed by atoms with van der Waals surface area (Å²) in [7, 11) is 1.49. The Bertz CT molecular complexity index is 1220. The van der Waals surface area contributed by atoms with Crippen LogP contribution in [-0.2, 0) is 4.79 Å². The Morgan fingerprint density at radius 2 is 1.79 bits per heavy atom. The summed E-state index contributed by atoms with van der Waals surface area (Å²) < 4.78 is 44.1. The lowest BCUT2D eigenvalue weighted by molar-refractivity contribution is -0.174. The van der Waals surface area contributed by atoms with E-state index in [0.29, 0.717) is 48.3 Å². The van der Waals surface area contributed by atoms with Crippen LogP contribution >= 0.6 is 0 Å². The lowest BCUT2D eigenvalue weighted by atomic mass is 9.91. The smallest absolute Gasteiger partial charge is 0.471 e. The Morgan fingerprint density at radius 1 is 1.12 bits per heavy atom. The number of fused-ring (bicyclic) bond motifs is 1. The zero-order chi connectivity index (χ0) is 24.5. The maximum absolute atomic E-state index is 13.1. The number of nitrogen functional groups attached to an aromatic ring is 1. The fraction of sp³-hybridized carbons (Fsp3) is 0.381. The number of nitrogens with zero attached hydrogens (tertiary/aromatic N) is 4. The number of rotatable bonds is 5. The first kappa shape index (κ1) is 23.3. The van der Waals surface area contributed by atoms with E-state index in [2.05, 4.69) is 20.4 Å². The predicted octanol–water partition coefficient (Wildman–Crippen LogP) is 2.10. The van der Waals surface area contributed by atoms with E-state index in [4.69, 9.17) is 10.5 Å². The third kappa shape index (κ3) is 4.72. The first-order valence-corrected chi connectivity index (χ1v) is 10.5. The van der Waals surface area contributed by atoms with Crippen molar-refractivity contribution in [2.24, 2.45) is 0 Å². The van der Waals surface area contributed by atoms with E-state index in [-0.39, 0.29) is 17.4 Å². The number of hydrogen-bond acceptors (Lipinski definition) is 7. The number of nitrogens with one attached hydrogen (secondary N) is 2. The summed E-state index contributed by atoms with van der Waals surface area (Å²) in [6.45, 7) is 0. The van der Waals surface area contributed by atoms with Crippen molar-refractivity contribution in [1.29, 1.82) is 0 Å². The van der Waals surface area contributed by atoms with Gasteiger partial charge in [0.05, 0.1) is 18.4 Å². The molecule has 1 saturated carbocycles. The number of carbonyl (C=O) groups is 2. The number of anilines is 1. The highest BCUT2D eigenvalue weighted by atomic mass is 19.4. The fourth-order valence-corrected chi connectivity index (χ4v) is 4.04. The summed E-state index contributed by atoms with van der Waals surface area (Å²) in [5.41, 5.74) is 7.92. The molecule has 0 atom stereocenters. The van der Waals surface area contributed by atoms with Crippen LogP contribution in [0.2, 0.25) is 0 Å². The van der Waals surface area contributed by atoms with Crippen molar-refractivity contribution in [3.63, 3.8) is 0 Å². The van der Waals surface area contributed by atoms with Crippen molar-refractivity contribution in [2.45, 2.75) is 43.9 Å². The molecule has 0 aromatic carbocycles. The van der Waals surface area contributed by atoms with Crippen LogP contribution in [0, 0.1) is 0 Å². The van der Waals surface area contributed by atoms with E-state index in [1.807, 2.05) is 5.32 Å². The summed E-state index contributed by atoms with van der Waals surface area (Å²) in [6, 6.07) is 4.21. The molecule has 34 heavy (non-hydrogen) atoms. The maximum atomic E-state index is 13.1. The molecule has 0 unspecified atom stereocenters. The number of aromatic nitrogens is 4. The molecular weight excluding hydrogens is 455 g/mol. The van der Waals surface area contributed by atoms with Gasteiger partial charge in [0.15, 0.2) is 5.82 Å². The van der Waals surface area contributed by atoms with Gasteiger partial charge in [0.2, 0.25) is 5.88 Å². The number of halogens is 3. The molecule has 3 heterocycles. The number of carbonyl (C=O) groups excluding carboxylic acids is 2. The van der Waals surface area contributed by atoms with Crippen LogP contribution in [0.15, 0.2) is 30.7 Å². The van der Waals surface area contributed by atoms with Gasteiger partial charge in [0.1, 0.15) is 11.8 Å². The molecular formula is C21H22F3N7O3. The Kier molecular flexibility index (Phi) is 6.26. The van der Waals surface area contributed by atoms with Gasteiger partial charge in [-0.25, -0.2) is 14.5 Å². The molecule has 3 aromatic rings. The second kappa shape index (κ2) is 9.15. The van der Waals surface area contributed by atoms with E-state index in [0.717, 1.165) is 0 Å². The van der Waals surface area contributed by atoms with Gasteiger partial charge in [-0.3, -0.25) is 9.59 Å². The summed E-state index contributed by atoms with van der Waals surface area (Å²) in [4.78, 5) is 32.4. The average Bonchev–Trinajstić information content (AvgIpc) is 3.21. The fourth-order valence-electron chi connectivity index (χ4n) is 4.04. The Labute approximate surface area is 191 Å². The predicted molar refractivity (Wildman–Crippen MR) is 115 cm³/mol. The summed E-state index contributed by atoms with van der Waals surface area (Å²) in [5.74, 6) is -1.86. The Hall–Kier alpha value is -3.90. The van der Waals surface area contributed by atoms with Crippen LogP contribution < -0.4 is 21.1 Å². The average molecular weight is 477 g/mol. The van der Waals surface area contributed by atoms with Crippen LogP contribution in [-0.4, -0.2) is 56.8 Å². The second-order valence-corrected chi connectivity index (χ2v) is 7.93. The van der Waals surface area contributed by atoms with Crippen molar-refractivity contribution in [3.8, 4) is 17.1 Å². The molecule has 10 nitrogen and oxygen atoms in total. The number of nitrogens with two attached hydrogens (primary N) is 1. The molecule has 0 spiro atoms. The highest BCUT2D eigenvalue weighted by Crippen LogP contribution is 2.29. The van der Waals surface area contributed by atoms with Gasteiger partial charge in [-0.1, -0.05) is 0 Å². The number of amides is 2. The van der Waals surface area contributed by atoms with E-state index >= 15 is 0 Å². The van der Waals surface area contributed by atoms with Gasteiger partial charge >= 0.3 is 12.1 Å². The maximum Gasteiger partial charge on any atom is 0.471 e. The first-order valence-electron chi connectivity index (χ1n) is 10.5. The molecule has 0 saturated heterocycles. The zero-order valence-corrected chi connectivity index (χ0v) is 18.1. The molecule has 1 aliphatic rings. The molecule has 4 N–H and O–H groups in total. The normalized spacial score (nSPS) is 18.5. The molecule has 13 heteroatoms. The summed E-state index contributed by atoms with van der Waals surface area (Å²) in [6.07, 6.45) is -0.606. The molecule has 0 aliphatic heterocycles. The lowest BCUT2D eigenvalue weighted by Crippen LogP contribution is -2.47. The van der Waals surface area contributed by atoms with Crippen molar-refractivity contribution in [1.82, 2.24) is 30.2 Å². The SMILES string of the molecule is COc1cc(-c2cc(C(=O)N[C@H]3CC[C@H](NC(=O)C(F)(F)F)CC3)c3c(N)ncnn23)ccn1. The second-order valence-electron chi connectivity index (χ2n) is 7.93. The molecule has 0 radical (unpaired) electrons. The van der Waals surface area contributed by atoms with Gasteiger partial charge in [0.25, 0.3) is 5.91 Å². The molecule has 2 amide bonds. The lowest BCUT2D eigenvalue weighted by Gasteiger charge is -2.29. The third-order valence-corrected chi connectivity index (χ3v) is 5.72. The number of ether oxygens (including phenoxy) is 1. The van der Waals surface area contributed by atoms with Gasteiger partial charge in [0, 0.05) is 29.9 Å². The van der Waals surface area contributed by atoms with Crippen LogP contribution in [0.3, 0.4) is 0 Å². The highest BCUT2D eigenvalue weighted by molar-refractivity contribution is 6.05. The van der Waals surface area contributed by atoms with E-state index in [1.54, 1.807) is 24.4 Å². The number of hydrogen-bond donors (Lipinski definition) is 3. The topological polar surface area (TPSA) is 137 Å². The van der Waals surface area contributed by atoms with Crippen LogP contribution in [0.25, 0.3) is 16.8 Å². The minimum absolute atomic E-state index is 0.117. The number of pyridine rings is 1. The molecule has 1 aliphatic carbocycles. The highest BCUT2D eigenvalue weighted by Gasteiger charge is 2.40. The van der Waals surface area contributed by atoms with Crippen molar-refractivity contribution < 1.29 is 27.5 Å². The number of methoxy groups -OCH3 is 1. The monoisotopic (exact) mass is 477 g/mol. The summed E-state index contributed by atoms with van der Waals surface area (Å²) in [5, 5.41) is 9.14. The van der Waals surface area contributed by atoms with Crippen molar-refractivity contribution in [3.05, 3.63) is 36.3 Å². The largest absolute Gasteiger partial charge is 0.481 e. The third-order valence-electron chi connectivity index (χ3n) is 5.72. The molecule has 4 rings (SSSR count). The Morgan fingerprint density at radius 3 is 2.44 bits per heavy atom. The zero-order valence-electron chi connectivity index (χ0n) is 18.1. The van der Waals surface area contributed by atoms with E-state index < -0.39 is 24.0 Å². The Balaban J connectivity index is 1.52. The summed E-state index contributed by atoms with van der Waals surface area (Å²) >= 11 is 0. The standard InChI is InChI=1S/C21H22F3N7O3/c1-34-16-8-11(6-7-26-16)15-9-14(17-18(25)27-10-28-31(15)17)19(32)29-12-2-4-13(5-3-12)30-20(33)21(22,23)24/h6-10,12-13H,2-5H2,1H3,(H,29,32)(H,30,33)(H2,25,27,28)/t12-,13-. The van der Waals surface area contributed by atoms with Crippen LogP contribution in [0.5, 0.6) is 5.88 Å². The van der Waals surface area contributed by atoms with Gasteiger partial charge < -0.3 is 21.1 Å². The van der Waals surface area contributed by atoms with Crippen molar-refractivity contribution in [2.75, 3.05) is 12.8 Å². The van der Waals surface area contributed by atoms with Crippen LogP contribution in [0.4, 0.5) is 19.0 Å². The molecule has 3 aromatic heterocycles. The quantitative estimate of drug-likeness (QED) is 0.512. The minimum atomic E-state index is -4.92. The van der Waals surface area contributed by atoms with E-state index in [1.165, 1.54) is 18.0 Å². The number of alkyl halides is 3.